The summed E-state index contributed by atoms with van der Waals surface area (Å²) in [5.74, 6) is 3.05. The van der Waals surface area contributed by atoms with E-state index in [1.54, 1.807) is 12.3 Å². The topological polar surface area (TPSA) is 99.5 Å². The highest BCUT2D eigenvalue weighted by molar-refractivity contribution is 5.96. The quantitative estimate of drug-likeness (QED) is 0.483. The van der Waals surface area contributed by atoms with Crippen LogP contribution in [0.1, 0.15) is 45.1 Å². The molecule has 0 amide bonds. The molecule has 2 aliphatic rings. The molecular formula is C26H34FN7O2. The van der Waals surface area contributed by atoms with E-state index in [-0.39, 0.29) is 19.8 Å². The first kappa shape index (κ1) is 24.6. The summed E-state index contributed by atoms with van der Waals surface area (Å²) < 4.78 is 20.0. The van der Waals surface area contributed by atoms with Crippen molar-refractivity contribution in [3.8, 4) is 0 Å². The summed E-state index contributed by atoms with van der Waals surface area (Å²) in [5.41, 5.74) is 1.18. The Morgan fingerprint density at radius 3 is 2.69 bits per heavy atom. The molecule has 0 unspecified atom stereocenters. The van der Waals surface area contributed by atoms with Gasteiger partial charge in [-0.1, -0.05) is 13.8 Å². The minimum atomic E-state index is -1.17. The second-order valence-corrected chi connectivity index (χ2v) is 9.89. The number of aromatic nitrogens is 4. The Kier molecular flexibility index (Phi) is 7.15. The van der Waals surface area contributed by atoms with Gasteiger partial charge in [-0.25, -0.2) is 19.3 Å². The fourth-order valence-corrected chi connectivity index (χ4v) is 4.89. The molecule has 3 aromatic heterocycles. The zero-order chi connectivity index (χ0) is 25.2. The average Bonchev–Trinajstić information content (AvgIpc) is 2.87. The lowest BCUT2D eigenvalue weighted by Gasteiger charge is -2.40. The second-order valence-electron chi connectivity index (χ2n) is 9.89. The maximum absolute atomic E-state index is 14.6. The maximum atomic E-state index is 14.6. The molecule has 2 N–H and O–H groups in total. The fourth-order valence-electron chi connectivity index (χ4n) is 4.89. The molecule has 3 aromatic rings. The van der Waals surface area contributed by atoms with Crippen LogP contribution in [0.2, 0.25) is 0 Å². The van der Waals surface area contributed by atoms with Crippen LogP contribution in [0.4, 0.5) is 27.8 Å². The number of piperidine rings is 1. The zero-order valence-corrected chi connectivity index (χ0v) is 21.1. The van der Waals surface area contributed by atoms with E-state index in [1.807, 2.05) is 17.3 Å². The predicted octanol–water partition coefficient (Wildman–Crippen LogP) is 3.81. The van der Waals surface area contributed by atoms with Crippen molar-refractivity contribution in [3.05, 3.63) is 36.3 Å². The van der Waals surface area contributed by atoms with Crippen LogP contribution in [0.5, 0.6) is 0 Å². The van der Waals surface area contributed by atoms with Gasteiger partial charge in [0.05, 0.1) is 25.9 Å². The molecule has 0 bridgehead atoms. The van der Waals surface area contributed by atoms with E-state index in [1.165, 1.54) is 12.0 Å². The summed E-state index contributed by atoms with van der Waals surface area (Å²) in [6.07, 6.45) is 5.56. The number of hydrogen-bond acceptors (Lipinski definition) is 9. The minimum absolute atomic E-state index is 0.111. The van der Waals surface area contributed by atoms with Gasteiger partial charge in [-0.05, 0) is 48.8 Å². The van der Waals surface area contributed by atoms with Gasteiger partial charge in [-0.2, -0.15) is 4.98 Å². The van der Waals surface area contributed by atoms with Crippen LogP contribution in [-0.4, -0.2) is 76.2 Å². The number of hydrogen-bond donors (Lipinski definition) is 2. The summed E-state index contributed by atoms with van der Waals surface area (Å²) in [7, 11) is 0. The van der Waals surface area contributed by atoms with Crippen LogP contribution < -0.4 is 15.1 Å². The molecule has 0 saturated carbocycles. The van der Waals surface area contributed by atoms with Gasteiger partial charge in [-0.3, -0.25) is 0 Å². The van der Waals surface area contributed by atoms with E-state index in [4.69, 9.17) is 14.8 Å². The number of ether oxygens (including phenoxy) is 1. The maximum Gasteiger partial charge on any atom is 0.227 e. The molecule has 9 nitrogen and oxygen atoms in total. The molecule has 2 fully saturated rings. The number of aliphatic hydroxyl groups is 1. The third-order valence-electron chi connectivity index (χ3n) is 7.08. The van der Waals surface area contributed by atoms with Crippen LogP contribution in [0, 0.1) is 0 Å². The Morgan fingerprint density at radius 1 is 1.14 bits per heavy atom. The first-order valence-electron chi connectivity index (χ1n) is 12.7. The molecule has 0 aromatic carbocycles. The molecule has 0 spiro atoms. The van der Waals surface area contributed by atoms with Crippen molar-refractivity contribution in [2.24, 2.45) is 0 Å². The smallest absolute Gasteiger partial charge is 0.227 e. The molecule has 0 aliphatic carbocycles. The molecule has 192 valence electrons. The summed E-state index contributed by atoms with van der Waals surface area (Å²) in [6.45, 7) is 8.34. The third-order valence-corrected chi connectivity index (χ3v) is 7.08. The predicted molar refractivity (Wildman–Crippen MR) is 139 cm³/mol. The number of fused-ring (bicyclic) bond motifs is 1. The Bertz CT molecular complexity index is 1210. The van der Waals surface area contributed by atoms with Crippen molar-refractivity contribution in [3.63, 3.8) is 0 Å². The number of anilines is 4. The summed E-state index contributed by atoms with van der Waals surface area (Å²) >= 11 is 0. The summed E-state index contributed by atoms with van der Waals surface area (Å²) in [5, 5.41) is 14.4. The highest BCUT2D eigenvalue weighted by Gasteiger charge is 2.31. The standard InChI is InChI=1S/C26H34FN7O2/c1-16(2)19-13-30-25(34-9-5-17(34)3)20-14-29-24(12-18(19)20)31-23-4-7-28-26(32-23)33-8-6-22(21(27)15-33)36-11-10-35/h4,7,12-14,16-17,21-22,35H,5-6,8-11,15H2,1-3H3,(H,28,29,31,32)/t17-,21-,22+/m1/s1. The number of aliphatic hydroxyl groups excluding tert-OH is 1. The van der Waals surface area contributed by atoms with Gasteiger partial charge in [0.1, 0.15) is 23.6 Å². The Hall–Kier alpha value is -3.11. The Balaban J connectivity index is 1.37. The molecule has 2 saturated heterocycles. The van der Waals surface area contributed by atoms with E-state index >= 15 is 0 Å². The lowest BCUT2D eigenvalue weighted by Crippen LogP contribution is -2.46. The van der Waals surface area contributed by atoms with E-state index in [9.17, 15) is 4.39 Å². The van der Waals surface area contributed by atoms with Crippen molar-refractivity contribution in [1.29, 1.82) is 0 Å². The van der Waals surface area contributed by atoms with Gasteiger partial charge in [0.25, 0.3) is 0 Å². The zero-order valence-electron chi connectivity index (χ0n) is 21.1. The Labute approximate surface area is 210 Å². The van der Waals surface area contributed by atoms with Crippen LogP contribution in [0.25, 0.3) is 10.8 Å². The van der Waals surface area contributed by atoms with E-state index in [2.05, 4.69) is 52.0 Å². The number of halogens is 1. The van der Waals surface area contributed by atoms with Crippen LogP contribution >= 0.6 is 0 Å². The average molecular weight is 496 g/mol. The van der Waals surface area contributed by atoms with Crippen molar-refractivity contribution < 1.29 is 14.2 Å². The van der Waals surface area contributed by atoms with E-state index in [0.29, 0.717) is 42.5 Å². The summed E-state index contributed by atoms with van der Waals surface area (Å²) in [4.78, 5) is 22.6. The first-order valence-corrected chi connectivity index (χ1v) is 12.7. The van der Waals surface area contributed by atoms with E-state index in [0.717, 1.165) is 23.1 Å². The molecule has 5 rings (SSSR count). The highest BCUT2D eigenvalue weighted by Crippen LogP contribution is 2.35. The number of alkyl halides is 1. The van der Waals surface area contributed by atoms with Gasteiger partial charge >= 0.3 is 0 Å². The number of pyridine rings is 2. The highest BCUT2D eigenvalue weighted by atomic mass is 19.1. The van der Waals surface area contributed by atoms with Crippen LogP contribution in [0.3, 0.4) is 0 Å². The Morgan fingerprint density at radius 2 is 2.00 bits per heavy atom. The molecule has 3 atom stereocenters. The SMILES string of the molecule is CC(C)c1cnc(N2CC[C@H]2C)c2cnc(Nc3ccnc(N4CC[C@H](OCCO)[C@H](F)C4)n3)cc12. The molecule has 2 aliphatic heterocycles. The van der Waals surface area contributed by atoms with Gasteiger partial charge < -0.3 is 25.0 Å². The van der Waals surface area contributed by atoms with Crippen molar-refractivity contribution in [1.82, 2.24) is 19.9 Å². The monoisotopic (exact) mass is 495 g/mol. The first-order chi connectivity index (χ1) is 17.4. The third kappa shape index (κ3) is 4.92. The van der Waals surface area contributed by atoms with E-state index < -0.39 is 12.3 Å². The molecule has 36 heavy (non-hydrogen) atoms. The van der Waals surface area contributed by atoms with Gasteiger partial charge in [0.2, 0.25) is 5.95 Å². The van der Waals surface area contributed by atoms with Gasteiger partial charge in [0.15, 0.2) is 0 Å². The van der Waals surface area contributed by atoms with Crippen LogP contribution in [-0.2, 0) is 4.74 Å². The largest absolute Gasteiger partial charge is 0.394 e. The second kappa shape index (κ2) is 10.5. The molecule has 0 radical (unpaired) electrons. The number of rotatable bonds is 8. The van der Waals surface area contributed by atoms with Crippen LogP contribution in [0.15, 0.2) is 30.7 Å². The van der Waals surface area contributed by atoms with Gasteiger partial charge in [-0.15, -0.1) is 0 Å². The van der Waals surface area contributed by atoms with Crippen molar-refractivity contribution in [2.75, 3.05) is 48.0 Å². The molecule has 5 heterocycles. The lowest BCUT2D eigenvalue weighted by atomic mass is 9.97. The van der Waals surface area contributed by atoms with Crippen molar-refractivity contribution in [2.45, 2.75) is 57.8 Å². The van der Waals surface area contributed by atoms with Gasteiger partial charge in [0, 0.05) is 43.1 Å². The molecular weight excluding hydrogens is 461 g/mol. The molecule has 10 heteroatoms. The lowest BCUT2D eigenvalue weighted by molar-refractivity contribution is -0.0262. The normalized spacial score (nSPS) is 22.2. The number of nitrogens with one attached hydrogen (secondary N) is 1. The minimum Gasteiger partial charge on any atom is -0.394 e. The number of nitrogens with zero attached hydrogens (tertiary/aromatic N) is 6. The summed E-state index contributed by atoms with van der Waals surface area (Å²) in [6, 6.07) is 4.32. The van der Waals surface area contributed by atoms with Crippen molar-refractivity contribution >= 4 is 34.2 Å². The fraction of sp³-hybridized carbons (Fsp3) is 0.538.